The van der Waals surface area contributed by atoms with Gasteiger partial charge in [-0.1, -0.05) is 29.8 Å². The first kappa shape index (κ1) is 32.1. The van der Waals surface area contributed by atoms with Gasteiger partial charge in [-0.3, -0.25) is 0 Å². The number of fused-ring (bicyclic) bond motifs is 2. The van der Waals surface area contributed by atoms with Gasteiger partial charge in [-0.15, -0.1) is 0 Å². The van der Waals surface area contributed by atoms with Crippen LogP contribution in [0, 0.1) is 11.3 Å². The van der Waals surface area contributed by atoms with Crippen molar-refractivity contribution in [2.24, 2.45) is 0 Å². The molecule has 244 valence electrons. The normalized spacial score (nSPS) is 20.7. The lowest BCUT2D eigenvalue weighted by atomic mass is 10.1. The quantitative estimate of drug-likeness (QED) is 0.317. The van der Waals surface area contributed by atoms with Crippen LogP contribution in [-0.4, -0.2) is 89.9 Å². The minimum Gasteiger partial charge on any atom is -0.462 e. The summed E-state index contributed by atoms with van der Waals surface area (Å²) in [6.07, 6.45) is 3.81. The van der Waals surface area contributed by atoms with Crippen LogP contribution in [0.3, 0.4) is 0 Å². The van der Waals surface area contributed by atoms with Crippen molar-refractivity contribution in [2.45, 2.75) is 77.1 Å². The van der Waals surface area contributed by atoms with Gasteiger partial charge in [0.2, 0.25) is 0 Å². The Labute approximate surface area is 276 Å². The number of likely N-dealkylation sites (N-methyl/N-ethyl adjacent to an activating group) is 1. The SMILES string of the molecule is CN1CCC[C@H]1COc1nc2c(c(N3CCN(C(=O)OC(C)(C)C)C(CC#N)C3)n1)CCCN(c1cccc3ccc(Cl)cc13)C2. The van der Waals surface area contributed by atoms with E-state index in [1.54, 1.807) is 4.90 Å². The average molecular weight is 646 g/mol. The predicted molar refractivity (Wildman–Crippen MR) is 181 cm³/mol. The second-order valence-corrected chi connectivity index (χ2v) is 14.1. The molecule has 0 bridgehead atoms. The molecular weight excluding hydrogens is 602 g/mol. The molecule has 0 saturated carbocycles. The number of likely N-dealkylation sites (tertiary alicyclic amines) is 1. The number of nitriles is 1. The molecule has 0 spiro atoms. The third kappa shape index (κ3) is 7.11. The fraction of sp³-hybridized carbons (Fsp3) is 0.543. The van der Waals surface area contributed by atoms with Gasteiger partial charge in [0.05, 0.1) is 30.8 Å². The van der Waals surface area contributed by atoms with E-state index in [1.165, 1.54) is 0 Å². The van der Waals surface area contributed by atoms with Crippen molar-refractivity contribution in [3.63, 3.8) is 0 Å². The minimum absolute atomic E-state index is 0.206. The standard InChI is InChI=1S/C35H44ClN7O3/c1-35(2,3)46-34(44)43-19-18-42(21-26(43)14-15-37)32-28-10-7-17-41(31-11-5-8-24-12-13-25(36)20-29(24)31)22-30(28)38-33(39-32)45-23-27-9-6-16-40(27)4/h5,8,11-13,20,26-27H,6-7,9-10,14,16-19,21-23H2,1-4H3/t26?,27-/m0/s1. The zero-order chi connectivity index (χ0) is 32.4. The van der Waals surface area contributed by atoms with Crippen molar-refractivity contribution < 1.29 is 14.3 Å². The van der Waals surface area contributed by atoms with Crippen LogP contribution >= 0.6 is 11.6 Å². The largest absolute Gasteiger partial charge is 0.462 e. The van der Waals surface area contributed by atoms with Crippen molar-refractivity contribution in [1.29, 1.82) is 5.26 Å². The maximum absolute atomic E-state index is 13.1. The maximum Gasteiger partial charge on any atom is 0.410 e. The number of halogens is 1. The molecule has 6 rings (SSSR count). The topological polar surface area (TPSA) is 98.1 Å². The number of nitrogens with zero attached hydrogens (tertiary/aromatic N) is 7. The highest BCUT2D eigenvalue weighted by atomic mass is 35.5. The van der Waals surface area contributed by atoms with Crippen molar-refractivity contribution in [3.05, 3.63) is 52.7 Å². The summed E-state index contributed by atoms with van der Waals surface area (Å²) < 4.78 is 12.0. The Morgan fingerprint density at radius 2 is 1.91 bits per heavy atom. The Kier molecular flexibility index (Phi) is 9.44. The molecule has 46 heavy (non-hydrogen) atoms. The van der Waals surface area contributed by atoms with Crippen molar-refractivity contribution in [2.75, 3.05) is 56.2 Å². The minimum atomic E-state index is -0.615. The maximum atomic E-state index is 13.1. The van der Waals surface area contributed by atoms with Crippen LogP contribution in [-0.2, 0) is 17.7 Å². The Balaban J connectivity index is 1.33. The summed E-state index contributed by atoms with van der Waals surface area (Å²) in [5.41, 5.74) is 2.56. The van der Waals surface area contributed by atoms with Crippen LogP contribution < -0.4 is 14.5 Å². The zero-order valence-corrected chi connectivity index (χ0v) is 28.1. The average Bonchev–Trinajstić information content (AvgIpc) is 3.30. The van der Waals surface area contributed by atoms with Crippen LogP contribution in [0.2, 0.25) is 5.02 Å². The summed E-state index contributed by atoms with van der Waals surface area (Å²) in [6, 6.07) is 15.1. The van der Waals surface area contributed by atoms with E-state index < -0.39 is 5.60 Å². The third-order valence-electron chi connectivity index (χ3n) is 9.22. The zero-order valence-electron chi connectivity index (χ0n) is 27.3. The van der Waals surface area contributed by atoms with Gasteiger partial charge in [-0.25, -0.2) is 4.79 Å². The van der Waals surface area contributed by atoms with E-state index in [0.29, 0.717) is 49.9 Å². The van der Waals surface area contributed by atoms with E-state index in [2.05, 4.69) is 52.1 Å². The molecule has 0 radical (unpaired) electrons. The number of rotatable bonds is 6. The lowest BCUT2D eigenvalue weighted by Gasteiger charge is -2.42. The summed E-state index contributed by atoms with van der Waals surface area (Å²) in [5.74, 6) is 0.842. The Bertz CT molecular complexity index is 1620. The number of amides is 1. The van der Waals surface area contributed by atoms with Crippen molar-refractivity contribution in [3.8, 4) is 12.1 Å². The molecule has 1 amide bonds. The summed E-state index contributed by atoms with van der Waals surface area (Å²) in [5, 5.41) is 12.7. The molecule has 4 heterocycles. The smallest absolute Gasteiger partial charge is 0.410 e. The Morgan fingerprint density at radius 1 is 1.07 bits per heavy atom. The Hall–Kier alpha value is -3.81. The molecule has 2 fully saturated rings. The van der Waals surface area contributed by atoms with E-state index in [-0.39, 0.29) is 18.6 Å². The summed E-state index contributed by atoms with van der Waals surface area (Å²) in [4.78, 5) is 31.8. The fourth-order valence-electron chi connectivity index (χ4n) is 6.87. The first-order chi connectivity index (χ1) is 22.1. The number of aromatic nitrogens is 2. The van der Waals surface area contributed by atoms with Gasteiger partial charge >= 0.3 is 12.1 Å². The highest BCUT2D eigenvalue weighted by Crippen LogP contribution is 2.35. The van der Waals surface area contributed by atoms with Crippen LogP contribution in [0.25, 0.3) is 10.8 Å². The summed E-state index contributed by atoms with van der Waals surface area (Å²) >= 11 is 6.45. The van der Waals surface area contributed by atoms with Crippen LogP contribution in [0.4, 0.5) is 16.3 Å². The summed E-state index contributed by atoms with van der Waals surface area (Å²) in [7, 11) is 2.14. The predicted octanol–water partition coefficient (Wildman–Crippen LogP) is 6.05. The third-order valence-corrected chi connectivity index (χ3v) is 9.46. The molecule has 3 aliphatic rings. The highest BCUT2D eigenvalue weighted by Gasteiger charge is 2.36. The van der Waals surface area contributed by atoms with Crippen molar-refractivity contribution in [1.82, 2.24) is 19.8 Å². The number of anilines is 2. The molecule has 2 aromatic carbocycles. The van der Waals surface area contributed by atoms with E-state index in [0.717, 1.165) is 72.3 Å². The van der Waals surface area contributed by atoms with Crippen LogP contribution in [0.5, 0.6) is 6.01 Å². The molecule has 1 aromatic heterocycles. The van der Waals surface area contributed by atoms with Crippen molar-refractivity contribution >= 4 is 40.0 Å². The highest BCUT2D eigenvalue weighted by molar-refractivity contribution is 6.31. The van der Waals surface area contributed by atoms with Gasteiger partial charge in [0.25, 0.3) is 0 Å². The van der Waals surface area contributed by atoms with Gasteiger partial charge in [-0.2, -0.15) is 15.2 Å². The molecule has 1 unspecified atom stereocenters. The van der Waals surface area contributed by atoms with Gasteiger partial charge in [0, 0.05) is 53.9 Å². The number of piperazine rings is 1. The number of benzene rings is 2. The molecule has 10 nitrogen and oxygen atoms in total. The molecular formula is C35H44ClN7O3. The molecule has 3 aromatic rings. The van der Waals surface area contributed by atoms with E-state index in [1.807, 2.05) is 32.9 Å². The van der Waals surface area contributed by atoms with Gasteiger partial charge < -0.3 is 29.1 Å². The van der Waals surface area contributed by atoms with Gasteiger partial charge in [0.1, 0.15) is 18.0 Å². The second-order valence-electron chi connectivity index (χ2n) is 13.6. The first-order valence-corrected chi connectivity index (χ1v) is 16.7. The lowest BCUT2D eigenvalue weighted by Crippen LogP contribution is -2.56. The van der Waals surface area contributed by atoms with Crippen LogP contribution in [0.15, 0.2) is 36.4 Å². The van der Waals surface area contributed by atoms with Gasteiger partial charge in [-0.05, 0) is 83.6 Å². The summed E-state index contributed by atoms with van der Waals surface area (Å²) in [6.45, 7) is 10.1. The second kappa shape index (κ2) is 13.5. The number of hydrogen-bond acceptors (Lipinski definition) is 9. The number of carbonyl (C=O) groups is 1. The Morgan fingerprint density at radius 3 is 2.67 bits per heavy atom. The molecule has 2 atom stereocenters. The lowest BCUT2D eigenvalue weighted by molar-refractivity contribution is 0.0144. The van der Waals surface area contributed by atoms with Gasteiger partial charge in [0.15, 0.2) is 0 Å². The molecule has 0 aliphatic carbocycles. The molecule has 0 N–H and O–H groups in total. The first-order valence-electron chi connectivity index (χ1n) is 16.4. The van der Waals surface area contributed by atoms with E-state index >= 15 is 0 Å². The number of ether oxygens (including phenoxy) is 2. The van der Waals surface area contributed by atoms with Crippen LogP contribution in [0.1, 0.15) is 57.7 Å². The molecule has 3 aliphatic heterocycles. The fourth-order valence-corrected chi connectivity index (χ4v) is 7.05. The van der Waals surface area contributed by atoms with E-state index in [4.69, 9.17) is 31.0 Å². The van der Waals surface area contributed by atoms with E-state index in [9.17, 15) is 10.1 Å². The molecule has 11 heteroatoms. The monoisotopic (exact) mass is 645 g/mol. The number of carbonyl (C=O) groups excluding carboxylic acids is 1. The number of hydrogen-bond donors (Lipinski definition) is 0. The molecule has 2 saturated heterocycles.